The third-order valence-electron chi connectivity index (χ3n) is 2.70. The first-order chi connectivity index (χ1) is 8.83. The minimum atomic E-state index is 0.747. The molecule has 2 heterocycles. The SMILES string of the molecule is Cc1ccnc(-c2cccc(-n3ccnc3)c2)n1. The zero-order valence-corrected chi connectivity index (χ0v) is 9.99. The number of aromatic nitrogens is 4. The maximum absolute atomic E-state index is 4.43. The molecule has 3 rings (SSSR count). The van der Waals surface area contributed by atoms with Crippen LogP contribution in [-0.2, 0) is 0 Å². The molecule has 0 spiro atoms. The molecule has 0 aliphatic carbocycles. The van der Waals surface area contributed by atoms with Gasteiger partial charge in [0.2, 0.25) is 0 Å². The number of aryl methyl sites for hydroxylation is 1. The van der Waals surface area contributed by atoms with Gasteiger partial charge in [-0.25, -0.2) is 15.0 Å². The predicted molar refractivity (Wildman–Crippen MR) is 69.3 cm³/mol. The van der Waals surface area contributed by atoms with E-state index in [1.807, 2.05) is 42.0 Å². The van der Waals surface area contributed by atoms with Crippen LogP contribution in [0.25, 0.3) is 17.1 Å². The zero-order valence-electron chi connectivity index (χ0n) is 9.99. The molecule has 0 radical (unpaired) electrons. The highest BCUT2D eigenvalue weighted by atomic mass is 15.0. The molecule has 0 saturated heterocycles. The Bertz CT molecular complexity index is 659. The Hall–Kier alpha value is -2.49. The van der Waals surface area contributed by atoms with Crippen molar-refractivity contribution in [2.75, 3.05) is 0 Å². The average Bonchev–Trinajstić information content (AvgIpc) is 2.93. The van der Waals surface area contributed by atoms with E-state index in [2.05, 4.69) is 21.0 Å². The highest BCUT2D eigenvalue weighted by Crippen LogP contribution is 2.18. The van der Waals surface area contributed by atoms with Crippen molar-refractivity contribution >= 4 is 0 Å². The van der Waals surface area contributed by atoms with Gasteiger partial charge in [-0.05, 0) is 25.1 Å². The highest BCUT2D eigenvalue weighted by Gasteiger charge is 2.03. The van der Waals surface area contributed by atoms with E-state index >= 15 is 0 Å². The number of hydrogen-bond acceptors (Lipinski definition) is 3. The summed E-state index contributed by atoms with van der Waals surface area (Å²) in [5.74, 6) is 0.747. The Labute approximate surface area is 105 Å². The summed E-state index contributed by atoms with van der Waals surface area (Å²) in [5.41, 5.74) is 3.02. The van der Waals surface area contributed by atoms with Gasteiger partial charge in [-0.3, -0.25) is 0 Å². The molecule has 0 atom stereocenters. The fraction of sp³-hybridized carbons (Fsp3) is 0.0714. The summed E-state index contributed by atoms with van der Waals surface area (Å²) in [4.78, 5) is 12.8. The van der Waals surface area contributed by atoms with Crippen LogP contribution in [0.3, 0.4) is 0 Å². The number of hydrogen-bond donors (Lipinski definition) is 0. The van der Waals surface area contributed by atoms with Gasteiger partial charge in [0.1, 0.15) is 0 Å². The van der Waals surface area contributed by atoms with Crippen molar-refractivity contribution in [1.82, 2.24) is 19.5 Å². The molecule has 88 valence electrons. The van der Waals surface area contributed by atoms with Gasteiger partial charge in [0, 0.05) is 35.5 Å². The second-order valence-corrected chi connectivity index (χ2v) is 4.04. The molecule has 0 bridgehead atoms. The number of nitrogens with zero attached hydrogens (tertiary/aromatic N) is 4. The lowest BCUT2D eigenvalue weighted by molar-refractivity contribution is 1.05. The Morgan fingerprint density at radius 1 is 1.11 bits per heavy atom. The lowest BCUT2D eigenvalue weighted by Crippen LogP contribution is -1.93. The van der Waals surface area contributed by atoms with Crippen molar-refractivity contribution in [1.29, 1.82) is 0 Å². The van der Waals surface area contributed by atoms with Gasteiger partial charge in [-0.2, -0.15) is 0 Å². The molecule has 0 fully saturated rings. The predicted octanol–water partition coefficient (Wildman–Crippen LogP) is 2.64. The van der Waals surface area contributed by atoms with Crippen LogP contribution >= 0.6 is 0 Å². The Morgan fingerprint density at radius 2 is 2.06 bits per heavy atom. The van der Waals surface area contributed by atoms with Crippen LogP contribution in [0.15, 0.2) is 55.2 Å². The first-order valence-corrected chi connectivity index (χ1v) is 5.71. The average molecular weight is 236 g/mol. The van der Waals surface area contributed by atoms with Crippen LogP contribution in [0.5, 0.6) is 0 Å². The molecule has 0 saturated carbocycles. The maximum atomic E-state index is 4.43. The molecule has 2 aromatic heterocycles. The Morgan fingerprint density at radius 3 is 2.83 bits per heavy atom. The van der Waals surface area contributed by atoms with E-state index in [1.165, 1.54) is 0 Å². The lowest BCUT2D eigenvalue weighted by atomic mass is 10.2. The van der Waals surface area contributed by atoms with Gasteiger partial charge < -0.3 is 4.57 Å². The number of rotatable bonds is 2. The van der Waals surface area contributed by atoms with Crippen LogP contribution in [0.4, 0.5) is 0 Å². The summed E-state index contributed by atoms with van der Waals surface area (Å²) in [6, 6.07) is 9.98. The van der Waals surface area contributed by atoms with Crippen LogP contribution in [-0.4, -0.2) is 19.5 Å². The summed E-state index contributed by atoms with van der Waals surface area (Å²) in [6.07, 6.45) is 7.23. The monoisotopic (exact) mass is 236 g/mol. The third-order valence-corrected chi connectivity index (χ3v) is 2.70. The largest absolute Gasteiger partial charge is 0.306 e. The van der Waals surface area contributed by atoms with Crippen LogP contribution in [0.2, 0.25) is 0 Å². The Balaban J connectivity index is 2.06. The molecule has 0 aliphatic rings. The molecular weight excluding hydrogens is 224 g/mol. The standard InChI is InChI=1S/C14H12N4/c1-11-5-6-16-14(17-11)12-3-2-4-13(9-12)18-8-7-15-10-18/h2-10H,1H3. The van der Waals surface area contributed by atoms with Gasteiger partial charge in [0.15, 0.2) is 5.82 Å². The van der Waals surface area contributed by atoms with E-state index in [0.29, 0.717) is 0 Å². The zero-order chi connectivity index (χ0) is 12.4. The minimum Gasteiger partial charge on any atom is -0.306 e. The van der Waals surface area contributed by atoms with Gasteiger partial charge in [0.05, 0.1) is 6.33 Å². The first kappa shape index (κ1) is 10.7. The smallest absolute Gasteiger partial charge is 0.159 e. The minimum absolute atomic E-state index is 0.747. The van der Waals surface area contributed by atoms with E-state index in [4.69, 9.17) is 0 Å². The van der Waals surface area contributed by atoms with Gasteiger partial charge in [-0.15, -0.1) is 0 Å². The molecule has 0 N–H and O–H groups in total. The summed E-state index contributed by atoms with van der Waals surface area (Å²) in [7, 11) is 0. The second-order valence-electron chi connectivity index (χ2n) is 4.04. The molecule has 0 aliphatic heterocycles. The number of benzene rings is 1. The topological polar surface area (TPSA) is 43.6 Å². The van der Waals surface area contributed by atoms with Crippen molar-refractivity contribution in [3.8, 4) is 17.1 Å². The second kappa shape index (κ2) is 4.41. The summed E-state index contributed by atoms with van der Waals surface area (Å²) in [5, 5.41) is 0. The molecule has 18 heavy (non-hydrogen) atoms. The molecule has 1 aromatic carbocycles. The van der Waals surface area contributed by atoms with Crippen molar-refractivity contribution in [3.63, 3.8) is 0 Å². The van der Waals surface area contributed by atoms with E-state index in [9.17, 15) is 0 Å². The van der Waals surface area contributed by atoms with Gasteiger partial charge in [0.25, 0.3) is 0 Å². The fourth-order valence-electron chi connectivity index (χ4n) is 1.81. The first-order valence-electron chi connectivity index (χ1n) is 5.71. The molecule has 4 heteroatoms. The third kappa shape index (κ3) is 2.00. The Kier molecular flexibility index (Phi) is 2.61. The van der Waals surface area contributed by atoms with E-state index in [-0.39, 0.29) is 0 Å². The molecule has 4 nitrogen and oxygen atoms in total. The number of imidazole rings is 1. The lowest BCUT2D eigenvalue weighted by Gasteiger charge is -2.05. The molecule has 0 amide bonds. The van der Waals surface area contributed by atoms with E-state index in [1.54, 1.807) is 18.7 Å². The summed E-state index contributed by atoms with van der Waals surface area (Å²) in [6.45, 7) is 1.96. The summed E-state index contributed by atoms with van der Waals surface area (Å²) >= 11 is 0. The molecule has 0 unspecified atom stereocenters. The van der Waals surface area contributed by atoms with Crippen molar-refractivity contribution in [2.45, 2.75) is 6.92 Å². The quantitative estimate of drug-likeness (QED) is 0.687. The molecular formula is C14H12N4. The van der Waals surface area contributed by atoms with Crippen molar-refractivity contribution in [2.24, 2.45) is 0 Å². The van der Waals surface area contributed by atoms with Crippen LogP contribution < -0.4 is 0 Å². The van der Waals surface area contributed by atoms with Crippen molar-refractivity contribution < 1.29 is 0 Å². The highest BCUT2D eigenvalue weighted by molar-refractivity contribution is 5.58. The maximum Gasteiger partial charge on any atom is 0.159 e. The van der Waals surface area contributed by atoms with E-state index < -0.39 is 0 Å². The van der Waals surface area contributed by atoms with Gasteiger partial charge in [-0.1, -0.05) is 12.1 Å². The normalized spacial score (nSPS) is 10.5. The molecule has 3 aromatic rings. The van der Waals surface area contributed by atoms with Gasteiger partial charge >= 0.3 is 0 Å². The van der Waals surface area contributed by atoms with Crippen LogP contribution in [0.1, 0.15) is 5.69 Å². The summed E-state index contributed by atoms with van der Waals surface area (Å²) < 4.78 is 1.96. The fourth-order valence-corrected chi connectivity index (χ4v) is 1.81. The van der Waals surface area contributed by atoms with E-state index in [0.717, 1.165) is 22.8 Å². The van der Waals surface area contributed by atoms with Crippen LogP contribution in [0, 0.1) is 6.92 Å². The van der Waals surface area contributed by atoms with Crippen molar-refractivity contribution in [3.05, 3.63) is 60.9 Å².